The summed E-state index contributed by atoms with van der Waals surface area (Å²) in [6.07, 6.45) is 4.28. The lowest BCUT2D eigenvalue weighted by atomic mass is 9.99. The molecule has 1 fully saturated rings. The Bertz CT molecular complexity index is 244. The van der Waals surface area contributed by atoms with Gasteiger partial charge in [-0.1, -0.05) is 13.3 Å². The van der Waals surface area contributed by atoms with Crippen LogP contribution in [0, 0.1) is 5.92 Å². The average Bonchev–Trinajstić information content (AvgIpc) is 2.27. The van der Waals surface area contributed by atoms with Crippen molar-refractivity contribution in [1.29, 1.82) is 0 Å². The Kier molecular flexibility index (Phi) is 5.92. The van der Waals surface area contributed by atoms with E-state index in [0.717, 1.165) is 38.6 Å². The molecule has 17 heavy (non-hydrogen) atoms. The van der Waals surface area contributed by atoms with Gasteiger partial charge in [0.1, 0.15) is 0 Å². The van der Waals surface area contributed by atoms with E-state index in [9.17, 15) is 9.90 Å². The summed E-state index contributed by atoms with van der Waals surface area (Å²) in [6, 6.07) is 0.217. The van der Waals surface area contributed by atoms with Gasteiger partial charge >= 0.3 is 0 Å². The number of carbonyl (C=O) groups excluding carboxylic acids is 1. The van der Waals surface area contributed by atoms with E-state index in [1.165, 1.54) is 0 Å². The van der Waals surface area contributed by atoms with Crippen LogP contribution in [0.4, 0.5) is 0 Å². The molecule has 0 aliphatic carbocycles. The highest BCUT2D eigenvalue weighted by Crippen LogP contribution is 2.16. The molecule has 0 bridgehead atoms. The van der Waals surface area contributed by atoms with Gasteiger partial charge in [0.15, 0.2) is 0 Å². The van der Waals surface area contributed by atoms with E-state index < -0.39 is 0 Å². The Hall–Kier alpha value is -0.610. The molecule has 1 saturated heterocycles. The molecule has 0 radical (unpaired) electrons. The molecule has 3 N–H and O–H groups in total. The third kappa shape index (κ3) is 5.04. The summed E-state index contributed by atoms with van der Waals surface area (Å²) in [7, 11) is 0. The van der Waals surface area contributed by atoms with E-state index in [1.807, 2.05) is 18.7 Å². The van der Waals surface area contributed by atoms with Crippen LogP contribution in [-0.2, 0) is 4.79 Å². The fourth-order valence-corrected chi connectivity index (χ4v) is 2.34. The van der Waals surface area contributed by atoms with E-state index in [4.69, 9.17) is 5.73 Å². The number of piperidine rings is 1. The standard InChI is InChI=1S/C13H26N2O2/c1-10(5-3-6-11(2)14)13(17)15-8-4-7-12(16)9-15/h10-12,16H,3-9,14H2,1-2H3/t10?,11?,12-/m0/s1. The number of hydrogen-bond acceptors (Lipinski definition) is 3. The lowest BCUT2D eigenvalue weighted by molar-refractivity contribution is -0.138. The first-order valence-electron chi connectivity index (χ1n) is 6.73. The van der Waals surface area contributed by atoms with Gasteiger partial charge in [-0.2, -0.15) is 0 Å². The Balaban J connectivity index is 2.30. The molecular weight excluding hydrogens is 216 g/mol. The van der Waals surface area contributed by atoms with Crippen LogP contribution in [0.3, 0.4) is 0 Å². The number of amides is 1. The molecule has 100 valence electrons. The summed E-state index contributed by atoms with van der Waals surface area (Å²) in [4.78, 5) is 13.9. The molecule has 2 unspecified atom stereocenters. The van der Waals surface area contributed by atoms with E-state index >= 15 is 0 Å². The summed E-state index contributed by atoms with van der Waals surface area (Å²) >= 11 is 0. The number of aliphatic hydroxyl groups is 1. The highest BCUT2D eigenvalue weighted by Gasteiger charge is 2.25. The first-order chi connectivity index (χ1) is 8.00. The lowest BCUT2D eigenvalue weighted by Crippen LogP contribution is -2.44. The van der Waals surface area contributed by atoms with Crippen molar-refractivity contribution in [3.05, 3.63) is 0 Å². The average molecular weight is 242 g/mol. The summed E-state index contributed by atoms with van der Waals surface area (Å²) in [6.45, 7) is 5.28. The Labute approximate surface area is 104 Å². The van der Waals surface area contributed by atoms with Crippen LogP contribution in [0.2, 0.25) is 0 Å². The fraction of sp³-hybridized carbons (Fsp3) is 0.923. The summed E-state index contributed by atoms with van der Waals surface area (Å²) in [5.74, 6) is 0.243. The van der Waals surface area contributed by atoms with Crippen LogP contribution < -0.4 is 5.73 Å². The highest BCUT2D eigenvalue weighted by atomic mass is 16.3. The number of nitrogens with two attached hydrogens (primary N) is 1. The van der Waals surface area contributed by atoms with Gasteiger partial charge in [-0.15, -0.1) is 0 Å². The molecule has 0 spiro atoms. The van der Waals surface area contributed by atoms with Crippen molar-refractivity contribution in [2.75, 3.05) is 13.1 Å². The van der Waals surface area contributed by atoms with Crippen molar-refractivity contribution in [3.8, 4) is 0 Å². The summed E-state index contributed by atoms with van der Waals surface area (Å²) in [5.41, 5.74) is 5.69. The Morgan fingerprint density at radius 1 is 1.47 bits per heavy atom. The SMILES string of the molecule is CC(N)CCCC(C)C(=O)N1CCC[C@H](O)C1. The van der Waals surface area contributed by atoms with Crippen molar-refractivity contribution in [1.82, 2.24) is 4.90 Å². The second-order valence-electron chi connectivity index (χ2n) is 5.39. The largest absolute Gasteiger partial charge is 0.391 e. The predicted octanol–water partition coefficient (Wildman–Crippen LogP) is 1.12. The Morgan fingerprint density at radius 2 is 2.18 bits per heavy atom. The van der Waals surface area contributed by atoms with E-state index in [0.29, 0.717) is 6.54 Å². The van der Waals surface area contributed by atoms with Crippen LogP contribution >= 0.6 is 0 Å². The molecule has 1 heterocycles. The predicted molar refractivity (Wildman–Crippen MR) is 68.5 cm³/mol. The number of β-amino-alcohol motifs (C(OH)–C–C–N with tert-alkyl or cyclic N) is 1. The molecule has 1 aliphatic heterocycles. The van der Waals surface area contributed by atoms with E-state index in [-0.39, 0.29) is 24.0 Å². The minimum Gasteiger partial charge on any atom is -0.391 e. The van der Waals surface area contributed by atoms with Gasteiger partial charge in [-0.05, 0) is 32.6 Å². The molecule has 1 rings (SSSR count). The third-order valence-corrected chi connectivity index (χ3v) is 3.43. The molecule has 0 aromatic carbocycles. The maximum atomic E-state index is 12.1. The number of rotatable bonds is 5. The van der Waals surface area contributed by atoms with Crippen LogP contribution in [0.25, 0.3) is 0 Å². The van der Waals surface area contributed by atoms with E-state index in [1.54, 1.807) is 0 Å². The van der Waals surface area contributed by atoms with Gasteiger partial charge in [-0.25, -0.2) is 0 Å². The molecule has 4 heteroatoms. The van der Waals surface area contributed by atoms with Gasteiger partial charge in [-0.3, -0.25) is 4.79 Å². The van der Waals surface area contributed by atoms with Crippen LogP contribution in [0.15, 0.2) is 0 Å². The first kappa shape index (κ1) is 14.5. The normalized spacial score (nSPS) is 24.5. The van der Waals surface area contributed by atoms with Gasteiger partial charge in [0.05, 0.1) is 6.10 Å². The minimum atomic E-state index is -0.330. The van der Waals surface area contributed by atoms with Crippen LogP contribution in [0.5, 0.6) is 0 Å². The van der Waals surface area contributed by atoms with Gasteiger partial charge < -0.3 is 15.7 Å². The number of carbonyl (C=O) groups is 1. The monoisotopic (exact) mass is 242 g/mol. The van der Waals surface area contributed by atoms with Crippen molar-refractivity contribution in [2.24, 2.45) is 11.7 Å². The van der Waals surface area contributed by atoms with Crippen molar-refractivity contribution in [3.63, 3.8) is 0 Å². The Morgan fingerprint density at radius 3 is 2.76 bits per heavy atom. The zero-order valence-corrected chi connectivity index (χ0v) is 11.1. The first-order valence-corrected chi connectivity index (χ1v) is 6.73. The highest BCUT2D eigenvalue weighted by molar-refractivity contribution is 5.78. The zero-order valence-electron chi connectivity index (χ0n) is 11.1. The molecule has 0 aromatic rings. The quantitative estimate of drug-likeness (QED) is 0.759. The van der Waals surface area contributed by atoms with Crippen molar-refractivity contribution < 1.29 is 9.90 Å². The second kappa shape index (κ2) is 6.97. The molecule has 1 aliphatic rings. The minimum absolute atomic E-state index is 0.0547. The topological polar surface area (TPSA) is 66.6 Å². The molecule has 4 nitrogen and oxygen atoms in total. The van der Waals surface area contributed by atoms with Crippen molar-refractivity contribution >= 4 is 5.91 Å². The molecular formula is C13H26N2O2. The molecule has 0 aromatic heterocycles. The van der Waals surface area contributed by atoms with Crippen LogP contribution in [-0.4, -0.2) is 41.1 Å². The van der Waals surface area contributed by atoms with Gasteiger partial charge in [0.2, 0.25) is 5.91 Å². The number of likely N-dealkylation sites (tertiary alicyclic amines) is 1. The smallest absolute Gasteiger partial charge is 0.225 e. The maximum Gasteiger partial charge on any atom is 0.225 e. The van der Waals surface area contributed by atoms with Gasteiger partial charge in [0.25, 0.3) is 0 Å². The van der Waals surface area contributed by atoms with Crippen LogP contribution in [0.1, 0.15) is 46.0 Å². The molecule has 0 saturated carbocycles. The zero-order chi connectivity index (χ0) is 12.8. The summed E-state index contributed by atoms with van der Waals surface area (Å²) in [5, 5.41) is 9.55. The van der Waals surface area contributed by atoms with Crippen molar-refractivity contribution in [2.45, 2.75) is 58.1 Å². The number of hydrogen-bond donors (Lipinski definition) is 2. The molecule has 3 atom stereocenters. The van der Waals surface area contributed by atoms with E-state index in [2.05, 4.69) is 0 Å². The number of nitrogens with zero attached hydrogens (tertiary/aromatic N) is 1. The maximum absolute atomic E-state index is 12.1. The molecule has 1 amide bonds. The third-order valence-electron chi connectivity index (χ3n) is 3.43. The summed E-state index contributed by atoms with van der Waals surface area (Å²) < 4.78 is 0. The fourth-order valence-electron chi connectivity index (χ4n) is 2.34. The number of aliphatic hydroxyl groups excluding tert-OH is 1. The second-order valence-corrected chi connectivity index (χ2v) is 5.39. The lowest BCUT2D eigenvalue weighted by Gasteiger charge is -2.32. The van der Waals surface area contributed by atoms with Gasteiger partial charge in [0, 0.05) is 25.0 Å².